The molecular weight excluding hydrogens is 185 g/mol. The Hall–Kier alpha value is -1.14. The lowest BCUT2D eigenvalue weighted by atomic mass is 10.3. The minimum atomic E-state index is -4.79. The lowest BCUT2D eigenvalue weighted by molar-refractivity contribution is 0.424. The van der Waals surface area contributed by atoms with Crippen LogP contribution in [0.5, 0.6) is 0 Å². The van der Waals surface area contributed by atoms with E-state index in [1.54, 1.807) is 6.07 Å². The highest BCUT2D eigenvalue weighted by molar-refractivity contribution is 7.87. The van der Waals surface area contributed by atoms with Crippen molar-refractivity contribution in [3.8, 4) is 0 Å². The highest BCUT2D eigenvalue weighted by Crippen LogP contribution is 2.15. The maximum atomic E-state index is 12.6. The molecule has 12 heavy (non-hydrogen) atoms. The fourth-order valence-corrected chi connectivity index (χ4v) is 1.07. The zero-order valence-electron chi connectivity index (χ0n) is 5.88. The highest BCUT2D eigenvalue weighted by atomic mass is 32.2. The minimum absolute atomic E-state index is 0.236. The summed E-state index contributed by atoms with van der Waals surface area (Å²) in [5.74, 6) is 0. The standard InChI is InChI=1S/C6H6FNO3S/c7-8(12(9,10)11)6-4-2-1-3-5-6/h1-5H,(H,9,10,11). The van der Waals surface area contributed by atoms with Gasteiger partial charge in [-0.1, -0.05) is 27.2 Å². The molecule has 0 saturated heterocycles. The summed E-state index contributed by atoms with van der Waals surface area (Å²) in [6.07, 6.45) is 0. The lowest BCUT2D eigenvalue weighted by Crippen LogP contribution is -2.20. The maximum Gasteiger partial charge on any atom is 0.386 e. The number of rotatable bonds is 2. The van der Waals surface area contributed by atoms with Gasteiger partial charge >= 0.3 is 10.3 Å². The van der Waals surface area contributed by atoms with Gasteiger partial charge in [-0.05, 0) is 12.1 Å². The Morgan fingerprint density at radius 1 is 1.25 bits per heavy atom. The molecular formula is C6H6FNO3S. The normalized spacial score (nSPS) is 11.2. The molecule has 0 aromatic heterocycles. The maximum absolute atomic E-state index is 12.6. The van der Waals surface area contributed by atoms with Gasteiger partial charge in [-0.15, -0.1) is 0 Å². The highest BCUT2D eigenvalue weighted by Gasteiger charge is 2.17. The molecule has 0 amide bonds. The molecule has 0 spiro atoms. The summed E-state index contributed by atoms with van der Waals surface area (Å²) in [5, 5.41) is 0. The zero-order chi connectivity index (χ0) is 9.19. The number of halogens is 1. The Labute approximate surface area is 69.1 Å². The van der Waals surface area contributed by atoms with E-state index < -0.39 is 14.8 Å². The third-order valence-corrected chi connectivity index (χ3v) is 1.78. The predicted molar refractivity (Wildman–Crippen MR) is 41.6 cm³/mol. The molecule has 1 aromatic carbocycles. The van der Waals surface area contributed by atoms with Crippen molar-refractivity contribution in [2.75, 3.05) is 4.53 Å². The van der Waals surface area contributed by atoms with Gasteiger partial charge in [-0.3, -0.25) is 4.55 Å². The van der Waals surface area contributed by atoms with Gasteiger partial charge in [0.15, 0.2) is 0 Å². The van der Waals surface area contributed by atoms with E-state index in [4.69, 9.17) is 4.55 Å². The molecule has 0 radical (unpaired) electrons. The molecule has 0 aliphatic carbocycles. The van der Waals surface area contributed by atoms with Gasteiger partial charge in [0.25, 0.3) is 0 Å². The van der Waals surface area contributed by atoms with Crippen molar-refractivity contribution in [2.45, 2.75) is 0 Å². The van der Waals surface area contributed by atoms with E-state index in [0.717, 1.165) is 0 Å². The van der Waals surface area contributed by atoms with E-state index in [0.29, 0.717) is 0 Å². The Bertz CT molecular complexity index is 350. The molecule has 0 heterocycles. The zero-order valence-corrected chi connectivity index (χ0v) is 6.70. The van der Waals surface area contributed by atoms with Crippen molar-refractivity contribution in [2.24, 2.45) is 0 Å². The average molecular weight is 191 g/mol. The fraction of sp³-hybridized carbons (Fsp3) is 0. The van der Waals surface area contributed by atoms with Crippen LogP contribution < -0.4 is 4.53 Å². The molecule has 1 N–H and O–H groups in total. The van der Waals surface area contributed by atoms with Crippen molar-refractivity contribution in [1.82, 2.24) is 0 Å². The molecule has 66 valence electrons. The van der Waals surface area contributed by atoms with Crippen molar-refractivity contribution in [1.29, 1.82) is 0 Å². The monoisotopic (exact) mass is 191 g/mol. The topological polar surface area (TPSA) is 57.6 Å². The summed E-state index contributed by atoms with van der Waals surface area (Å²) in [4.78, 5) is 0. The van der Waals surface area contributed by atoms with Crippen LogP contribution in [0.15, 0.2) is 30.3 Å². The van der Waals surface area contributed by atoms with Crippen LogP contribution in [0.1, 0.15) is 0 Å². The first-order valence-electron chi connectivity index (χ1n) is 3.00. The number of nitrogens with zero attached hydrogens (tertiary/aromatic N) is 1. The summed E-state index contributed by atoms with van der Waals surface area (Å²) in [6, 6.07) is 6.93. The Balaban J connectivity index is 3.02. The van der Waals surface area contributed by atoms with Crippen LogP contribution in [-0.4, -0.2) is 13.0 Å². The van der Waals surface area contributed by atoms with Crippen molar-refractivity contribution in [3.05, 3.63) is 30.3 Å². The molecule has 0 fully saturated rings. The van der Waals surface area contributed by atoms with Crippen LogP contribution in [0, 0.1) is 0 Å². The van der Waals surface area contributed by atoms with Crippen LogP contribution in [0.2, 0.25) is 0 Å². The largest absolute Gasteiger partial charge is 0.386 e. The number of para-hydroxylation sites is 1. The van der Waals surface area contributed by atoms with E-state index in [-0.39, 0.29) is 5.69 Å². The number of benzene rings is 1. The van der Waals surface area contributed by atoms with E-state index >= 15 is 0 Å². The van der Waals surface area contributed by atoms with Crippen LogP contribution in [0.4, 0.5) is 10.2 Å². The van der Waals surface area contributed by atoms with Gasteiger partial charge < -0.3 is 0 Å². The smallest absolute Gasteiger partial charge is 0.267 e. The first-order chi connectivity index (χ1) is 5.52. The summed E-state index contributed by atoms with van der Waals surface area (Å²) in [7, 11) is -4.79. The van der Waals surface area contributed by atoms with Crippen LogP contribution in [0.25, 0.3) is 0 Å². The minimum Gasteiger partial charge on any atom is -0.267 e. The summed E-state index contributed by atoms with van der Waals surface area (Å²) in [5.41, 5.74) is -0.236. The third-order valence-electron chi connectivity index (χ3n) is 1.16. The molecule has 0 unspecified atom stereocenters. The first kappa shape index (κ1) is 8.95. The summed E-state index contributed by atoms with van der Waals surface area (Å²) < 4.78 is 40.7. The van der Waals surface area contributed by atoms with E-state index in [1.165, 1.54) is 24.3 Å². The molecule has 6 heteroatoms. The van der Waals surface area contributed by atoms with Crippen LogP contribution in [-0.2, 0) is 10.3 Å². The third kappa shape index (κ3) is 1.93. The molecule has 0 bridgehead atoms. The van der Waals surface area contributed by atoms with Crippen molar-refractivity contribution < 1.29 is 17.5 Å². The van der Waals surface area contributed by atoms with Crippen LogP contribution in [0.3, 0.4) is 0 Å². The first-order valence-corrected chi connectivity index (χ1v) is 4.40. The molecule has 0 aliphatic heterocycles. The van der Waals surface area contributed by atoms with Gasteiger partial charge in [-0.25, -0.2) is 0 Å². The summed E-state index contributed by atoms with van der Waals surface area (Å²) in [6.45, 7) is 0. The summed E-state index contributed by atoms with van der Waals surface area (Å²) >= 11 is 0. The second kappa shape index (κ2) is 3.08. The van der Waals surface area contributed by atoms with Gasteiger partial charge in [0.2, 0.25) is 0 Å². The van der Waals surface area contributed by atoms with Gasteiger partial charge in [0.1, 0.15) is 0 Å². The van der Waals surface area contributed by atoms with Crippen LogP contribution >= 0.6 is 0 Å². The molecule has 0 atom stereocenters. The number of hydrogen-bond acceptors (Lipinski definition) is 2. The quantitative estimate of drug-likeness (QED) is 0.564. The Kier molecular flexibility index (Phi) is 2.30. The SMILES string of the molecule is O=S(=O)(O)N(F)c1ccccc1. The van der Waals surface area contributed by atoms with E-state index in [9.17, 15) is 12.9 Å². The van der Waals surface area contributed by atoms with E-state index in [1.807, 2.05) is 0 Å². The second-order valence-corrected chi connectivity index (χ2v) is 3.24. The molecule has 4 nitrogen and oxygen atoms in total. The molecule has 0 aliphatic rings. The molecule has 1 rings (SSSR count). The van der Waals surface area contributed by atoms with Crippen molar-refractivity contribution in [3.63, 3.8) is 0 Å². The van der Waals surface area contributed by atoms with Crippen molar-refractivity contribution >= 4 is 16.0 Å². The second-order valence-electron chi connectivity index (χ2n) is 2.03. The average Bonchev–Trinajstić information content (AvgIpc) is 2.03. The Morgan fingerprint density at radius 3 is 2.17 bits per heavy atom. The molecule has 1 aromatic rings. The predicted octanol–water partition coefficient (Wildman–Crippen LogP) is 1.18. The number of anilines is 1. The van der Waals surface area contributed by atoms with Gasteiger partial charge in [0, 0.05) is 0 Å². The number of hydrogen-bond donors (Lipinski definition) is 1. The van der Waals surface area contributed by atoms with Gasteiger partial charge in [0.05, 0.1) is 5.69 Å². The Morgan fingerprint density at radius 2 is 1.75 bits per heavy atom. The van der Waals surface area contributed by atoms with E-state index in [2.05, 4.69) is 0 Å². The molecule has 0 saturated carbocycles. The lowest BCUT2D eigenvalue weighted by Gasteiger charge is -2.07. The van der Waals surface area contributed by atoms with Gasteiger partial charge in [-0.2, -0.15) is 8.42 Å². The fourth-order valence-electron chi connectivity index (χ4n) is 0.678.